The van der Waals surface area contributed by atoms with Crippen molar-refractivity contribution in [1.29, 1.82) is 0 Å². The lowest BCUT2D eigenvalue weighted by molar-refractivity contribution is -0.128. The largest absolute Gasteiger partial charge is 0.423 e. The first kappa shape index (κ1) is 19.2. The minimum absolute atomic E-state index is 0.466. The molecule has 2 nitrogen and oxygen atoms in total. The Labute approximate surface area is 169 Å². The van der Waals surface area contributed by atoms with Crippen LogP contribution in [0.25, 0.3) is 17.2 Å². The second-order valence-electron chi connectivity index (χ2n) is 6.27. The molecule has 0 heterocycles. The third kappa shape index (κ3) is 5.00. The molecule has 0 N–H and O–H groups in total. The third-order valence-electron chi connectivity index (χ3n) is 4.13. The molecule has 0 atom stereocenters. The minimum Gasteiger partial charge on any atom is -0.423 e. The summed E-state index contributed by atoms with van der Waals surface area (Å²) >= 11 is 12.0. The third-order valence-corrected chi connectivity index (χ3v) is 4.69. The lowest BCUT2D eigenvalue weighted by atomic mass is 10.0. The fourth-order valence-corrected chi connectivity index (χ4v) is 3.10. The van der Waals surface area contributed by atoms with Crippen molar-refractivity contribution in [3.63, 3.8) is 0 Å². The molecular weight excluding hydrogens is 379 g/mol. The Morgan fingerprint density at radius 1 is 0.889 bits per heavy atom. The van der Waals surface area contributed by atoms with Crippen molar-refractivity contribution in [2.75, 3.05) is 0 Å². The van der Waals surface area contributed by atoms with Gasteiger partial charge in [-0.25, -0.2) is 4.79 Å². The van der Waals surface area contributed by atoms with E-state index in [1.807, 2.05) is 25.1 Å². The smallest absolute Gasteiger partial charge is 0.336 e. The summed E-state index contributed by atoms with van der Waals surface area (Å²) < 4.78 is 5.45. The molecule has 0 aromatic heterocycles. The predicted octanol–water partition coefficient (Wildman–Crippen LogP) is 6.90. The maximum Gasteiger partial charge on any atom is 0.336 e. The van der Waals surface area contributed by atoms with Crippen molar-refractivity contribution >= 4 is 35.2 Å². The summed E-state index contributed by atoms with van der Waals surface area (Å²) in [6.07, 6.45) is 2.96. The van der Waals surface area contributed by atoms with Crippen molar-refractivity contribution < 1.29 is 9.53 Å². The number of carbonyl (C=O) groups is 1. The van der Waals surface area contributed by atoms with E-state index in [-0.39, 0.29) is 0 Å². The fourth-order valence-electron chi connectivity index (χ4n) is 2.63. The molecule has 0 spiro atoms. The number of rotatable bonds is 4. The summed E-state index contributed by atoms with van der Waals surface area (Å²) in [5.74, 6) is 0.0647. The number of hydrogen-bond donors (Lipinski definition) is 0. The topological polar surface area (TPSA) is 26.3 Å². The average Bonchev–Trinajstić information content (AvgIpc) is 2.63. The van der Waals surface area contributed by atoms with Gasteiger partial charge in [0.2, 0.25) is 0 Å². The number of benzene rings is 3. The highest BCUT2D eigenvalue weighted by Crippen LogP contribution is 2.27. The molecule has 0 radical (unpaired) electrons. The summed E-state index contributed by atoms with van der Waals surface area (Å²) in [4.78, 5) is 12.1. The van der Waals surface area contributed by atoms with Crippen LogP contribution in [-0.4, -0.2) is 5.97 Å². The zero-order valence-corrected chi connectivity index (χ0v) is 16.5. The molecule has 0 unspecified atom stereocenters. The van der Waals surface area contributed by atoms with Gasteiger partial charge < -0.3 is 4.74 Å². The maximum atomic E-state index is 12.1. The molecule has 0 bridgehead atoms. The average molecular weight is 397 g/mol. The Balaban J connectivity index is 1.72. The van der Waals surface area contributed by atoms with Crippen LogP contribution in [-0.2, 0) is 4.79 Å². The van der Waals surface area contributed by atoms with Crippen LogP contribution in [0.5, 0.6) is 5.75 Å². The van der Waals surface area contributed by atoms with E-state index in [9.17, 15) is 4.79 Å². The van der Waals surface area contributed by atoms with Gasteiger partial charge in [-0.3, -0.25) is 0 Å². The molecule has 3 rings (SSSR count). The van der Waals surface area contributed by atoms with E-state index in [4.69, 9.17) is 27.9 Å². The molecule has 3 aromatic rings. The Hall–Kier alpha value is -2.55. The molecular formula is C23H18Cl2O2. The van der Waals surface area contributed by atoms with Crippen molar-refractivity contribution in [3.8, 4) is 16.9 Å². The quantitative estimate of drug-likeness (QED) is 0.272. The summed E-state index contributed by atoms with van der Waals surface area (Å²) in [6.45, 7) is 3.97. The van der Waals surface area contributed by atoms with Crippen LogP contribution in [0, 0.1) is 13.8 Å². The molecule has 27 heavy (non-hydrogen) atoms. The summed E-state index contributed by atoms with van der Waals surface area (Å²) in [5, 5.41) is 1.02. The van der Waals surface area contributed by atoms with Crippen LogP contribution >= 0.6 is 23.2 Å². The molecule has 0 saturated heterocycles. The summed E-state index contributed by atoms with van der Waals surface area (Å²) in [7, 11) is 0. The molecule has 0 fully saturated rings. The molecule has 136 valence electrons. The molecule has 0 aliphatic rings. The van der Waals surface area contributed by atoms with Gasteiger partial charge in [-0.15, -0.1) is 0 Å². The Morgan fingerprint density at radius 2 is 1.59 bits per heavy atom. The van der Waals surface area contributed by atoms with E-state index in [2.05, 4.69) is 31.2 Å². The lowest BCUT2D eigenvalue weighted by Crippen LogP contribution is -2.05. The van der Waals surface area contributed by atoms with Gasteiger partial charge in [0.05, 0.1) is 0 Å². The number of ether oxygens (including phenoxy) is 1. The highest BCUT2D eigenvalue weighted by molar-refractivity contribution is 6.35. The highest BCUT2D eigenvalue weighted by atomic mass is 35.5. The number of hydrogen-bond acceptors (Lipinski definition) is 2. The summed E-state index contributed by atoms with van der Waals surface area (Å²) in [6, 6.07) is 19.2. The SMILES string of the molecule is Cc1ccc(-c2ccc(OC(=O)C=Cc3ccc(Cl)cc3Cl)c(C)c2)cc1. The van der Waals surface area contributed by atoms with E-state index in [0.717, 1.165) is 16.7 Å². The van der Waals surface area contributed by atoms with Gasteiger partial charge in [0, 0.05) is 16.1 Å². The Kier molecular flexibility index (Phi) is 6.00. The van der Waals surface area contributed by atoms with Gasteiger partial charge in [-0.1, -0.05) is 65.2 Å². The normalized spacial score (nSPS) is 11.0. The molecule has 0 saturated carbocycles. The first-order valence-corrected chi connectivity index (χ1v) is 9.20. The van der Waals surface area contributed by atoms with Gasteiger partial charge in [-0.05, 0) is 66.4 Å². The number of halogens is 2. The lowest BCUT2D eigenvalue weighted by Gasteiger charge is -2.09. The van der Waals surface area contributed by atoms with E-state index < -0.39 is 5.97 Å². The summed E-state index contributed by atoms with van der Waals surface area (Å²) in [5.41, 5.74) is 5.01. The van der Waals surface area contributed by atoms with E-state index in [1.165, 1.54) is 11.6 Å². The van der Waals surface area contributed by atoms with Crippen molar-refractivity contribution in [1.82, 2.24) is 0 Å². The first-order chi connectivity index (χ1) is 12.9. The first-order valence-electron chi connectivity index (χ1n) is 8.45. The zero-order chi connectivity index (χ0) is 19.4. The molecule has 4 heteroatoms. The second-order valence-corrected chi connectivity index (χ2v) is 7.11. The van der Waals surface area contributed by atoms with Crippen LogP contribution in [0.4, 0.5) is 0 Å². The molecule has 0 amide bonds. The van der Waals surface area contributed by atoms with Gasteiger partial charge in [0.15, 0.2) is 0 Å². The van der Waals surface area contributed by atoms with Crippen LogP contribution in [0.15, 0.2) is 66.7 Å². The highest BCUT2D eigenvalue weighted by Gasteiger charge is 2.07. The van der Waals surface area contributed by atoms with Crippen LogP contribution in [0.3, 0.4) is 0 Å². The van der Waals surface area contributed by atoms with E-state index in [0.29, 0.717) is 21.4 Å². The van der Waals surface area contributed by atoms with E-state index in [1.54, 1.807) is 24.3 Å². The minimum atomic E-state index is -0.466. The van der Waals surface area contributed by atoms with Crippen LogP contribution in [0.1, 0.15) is 16.7 Å². The molecule has 0 aliphatic carbocycles. The van der Waals surface area contributed by atoms with Gasteiger partial charge in [0.1, 0.15) is 5.75 Å². The maximum absolute atomic E-state index is 12.1. The number of carbonyl (C=O) groups excluding carboxylic acids is 1. The van der Waals surface area contributed by atoms with Crippen LogP contribution in [0.2, 0.25) is 10.0 Å². The monoisotopic (exact) mass is 396 g/mol. The van der Waals surface area contributed by atoms with Gasteiger partial charge in [0.25, 0.3) is 0 Å². The van der Waals surface area contributed by atoms with Gasteiger partial charge in [-0.2, -0.15) is 0 Å². The van der Waals surface area contributed by atoms with Crippen molar-refractivity contribution in [2.24, 2.45) is 0 Å². The van der Waals surface area contributed by atoms with E-state index >= 15 is 0 Å². The predicted molar refractivity (Wildman–Crippen MR) is 112 cm³/mol. The second kappa shape index (κ2) is 8.43. The number of aryl methyl sites for hydroxylation is 2. The number of esters is 1. The molecule has 3 aromatic carbocycles. The molecule has 0 aliphatic heterocycles. The Bertz CT molecular complexity index is 1010. The van der Waals surface area contributed by atoms with Gasteiger partial charge >= 0.3 is 5.97 Å². The zero-order valence-electron chi connectivity index (χ0n) is 15.0. The standard InChI is InChI=1S/C23H18Cl2O2/c1-15-3-5-17(6-4-15)19-8-11-22(16(2)13-19)27-23(26)12-9-18-7-10-20(24)14-21(18)25/h3-14H,1-2H3. The Morgan fingerprint density at radius 3 is 2.26 bits per heavy atom. The van der Waals surface area contributed by atoms with Crippen molar-refractivity contribution in [2.45, 2.75) is 13.8 Å². The fraction of sp³-hybridized carbons (Fsp3) is 0.0870. The van der Waals surface area contributed by atoms with Crippen LogP contribution < -0.4 is 4.74 Å². The van der Waals surface area contributed by atoms with Crippen molar-refractivity contribution in [3.05, 3.63) is 93.5 Å².